The highest BCUT2D eigenvalue weighted by Crippen LogP contribution is 2.24. The van der Waals surface area contributed by atoms with E-state index in [9.17, 15) is 5.11 Å². The van der Waals surface area contributed by atoms with E-state index in [4.69, 9.17) is 0 Å². The Balaban J connectivity index is 1.65. The average Bonchev–Trinajstić information content (AvgIpc) is 2.41. The quantitative estimate of drug-likeness (QED) is 0.804. The first kappa shape index (κ1) is 14.8. The van der Waals surface area contributed by atoms with Crippen LogP contribution >= 0.6 is 15.9 Å². The molecule has 1 aromatic rings. The van der Waals surface area contributed by atoms with E-state index >= 15 is 0 Å². The molecule has 1 aromatic carbocycles. The van der Waals surface area contributed by atoms with E-state index in [-0.39, 0.29) is 0 Å². The number of rotatable bonds is 5. The van der Waals surface area contributed by atoms with Gasteiger partial charge in [0, 0.05) is 45.8 Å². The molecule has 0 aromatic heterocycles. The highest BCUT2D eigenvalue weighted by atomic mass is 79.9. The van der Waals surface area contributed by atoms with Crippen LogP contribution in [0.2, 0.25) is 0 Å². The van der Waals surface area contributed by atoms with Crippen molar-refractivity contribution in [3.63, 3.8) is 0 Å². The molecule has 0 atom stereocenters. The lowest BCUT2D eigenvalue weighted by Crippen LogP contribution is -2.46. The molecule has 2 rings (SSSR count). The van der Waals surface area contributed by atoms with Crippen LogP contribution < -0.4 is 5.32 Å². The van der Waals surface area contributed by atoms with E-state index in [1.165, 1.54) is 31.7 Å². The Morgan fingerprint density at radius 2 is 2.00 bits per heavy atom. The number of piperazine rings is 1. The number of phenols is 1. The van der Waals surface area contributed by atoms with Gasteiger partial charge in [-0.15, -0.1) is 0 Å². The van der Waals surface area contributed by atoms with Crippen LogP contribution in [0.15, 0.2) is 22.7 Å². The van der Waals surface area contributed by atoms with Crippen molar-refractivity contribution in [2.75, 3.05) is 46.3 Å². The lowest BCUT2D eigenvalue weighted by molar-refractivity contribution is 0.154. The second-order valence-corrected chi connectivity index (χ2v) is 5.96. The number of benzene rings is 1. The van der Waals surface area contributed by atoms with Crippen molar-refractivity contribution in [2.24, 2.45) is 0 Å². The van der Waals surface area contributed by atoms with Gasteiger partial charge in [0.15, 0.2) is 0 Å². The molecule has 0 unspecified atom stereocenters. The normalized spacial score (nSPS) is 17.8. The molecule has 106 valence electrons. The van der Waals surface area contributed by atoms with Crippen molar-refractivity contribution >= 4 is 15.9 Å². The van der Waals surface area contributed by atoms with Gasteiger partial charge in [-0.25, -0.2) is 0 Å². The minimum absolute atomic E-state index is 0.293. The molecule has 1 aliphatic heterocycles. The molecule has 0 spiro atoms. The molecule has 0 saturated carbocycles. The van der Waals surface area contributed by atoms with E-state index in [0.717, 1.165) is 24.1 Å². The Morgan fingerprint density at radius 1 is 1.26 bits per heavy atom. The molecule has 1 heterocycles. The van der Waals surface area contributed by atoms with E-state index in [1.807, 2.05) is 12.1 Å². The Bertz CT molecular complexity index is 406. The van der Waals surface area contributed by atoms with Crippen LogP contribution in [0.3, 0.4) is 0 Å². The minimum Gasteiger partial charge on any atom is -0.507 e. The summed E-state index contributed by atoms with van der Waals surface area (Å²) in [5.74, 6) is 0.293. The number of halogens is 1. The molecule has 2 N–H and O–H groups in total. The third kappa shape index (κ3) is 4.76. The summed E-state index contributed by atoms with van der Waals surface area (Å²) >= 11 is 3.33. The summed E-state index contributed by atoms with van der Waals surface area (Å²) in [7, 11) is 2.18. The zero-order valence-corrected chi connectivity index (χ0v) is 13.0. The first-order valence-corrected chi connectivity index (χ1v) is 7.53. The number of phenolic OH excluding ortho intramolecular Hbond substituents is 1. The predicted molar refractivity (Wildman–Crippen MR) is 81.5 cm³/mol. The number of hydrogen-bond acceptors (Lipinski definition) is 4. The zero-order chi connectivity index (χ0) is 13.7. The second kappa shape index (κ2) is 7.24. The van der Waals surface area contributed by atoms with Crippen LogP contribution in [0, 0.1) is 0 Å². The van der Waals surface area contributed by atoms with Crippen molar-refractivity contribution in [3.05, 3.63) is 28.2 Å². The number of aromatic hydroxyl groups is 1. The van der Waals surface area contributed by atoms with Gasteiger partial charge in [-0.3, -0.25) is 4.90 Å². The average molecular weight is 328 g/mol. The topological polar surface area (TPSA) is 38.7 Å². The lowest BCUT2D eigenvalue weighted by Gasteiger charge is -2.32. The molecule has 0 amide bonds. The number of likely N-dealkylation sites (N-methyl/N-ethyl adjacent to an activating group) is 1. The maximum Gasteiger partial charge on any atom is 0.129 e. The number of nitrogens with one attached hydrogen (secondary N) is 1. The van der Waals surface area contributed by atoms with Crippen LogP contribution in [0.1, 0.15) is 5.56 Å². The largest absolute Gasteiger partial charge is 0.507 e. The van der Waals surface area contributed by atoms with E-state index in [2.05, 4.69) is 38.1 Å². The van der Waals surface area contributed by atoms with Gasteiger partial charge in [0.05, 0.1) is 4.47 Å². The Morgan fingerprint density at radius 3 is 2.68 bits per heavy atom. The maximum absolute atomic E-state index is 9.43. The smallest absolute Gasteiger partial charge is 0.129 e. The van der Waals surface area contributed by atoms with Gasteiger partial charge in [0.2, 0.25) is 0 Å². The fraction of sp³-hybridized carbons (Fsp3) is 0.571. The van der Waals surface area contributed by atoms with Crippen LogP contribution in [0.25, 0.3) is 0 Å². The Hall–Kier alpha value is -0.620. The molecule has 0 aliphatic carbocycles. The molecular weight excluding hydrogens is 306 g/mol. The molecule has 1 aliphatic rings. The molecule has 0 bridgehead atoms. The van der Waals surface area contributed by atoms with E-state index in [1.54, 1.807) is 6.07 Å². The van der Waals surface area contributed by atoms with Gasteiger partial charge in [0.25, 0.3) is 0 Å². The summed E-state index contributed by atoms with van der Waals surface area (Å²) in [6, 6.07) is 5.63. The first-order valence-electron chi connectivity index (χ1n) is 6.74. The van der Waals surface area contributed by atoms with Crippen molar-refractivity contribution in [2.45, 2.75) is 6.54 Å². The summed E-state index contributed by atoms with van der Waals surface area (Å²) < 4.78 is 0.755. The Kier molecular flexibility index (Phi) is 5.63. The van der Waals surface area contributed by atoms with E-state index in [0.29, 0.717) is 5.75 Å². The summed E-state index contributed by atoms with van der Waals surface area (Å²) in [6.45, 7) is 7.63. The number of hydrogen-bond donors (Lipinski definition) is 2. The molecule has 5 heteroatoms. The third-order valence-electron chi connectivity index (χ3n) is 3.54. The van der Waals surface area contributed by atoms with Crippen molar-refractivity contribution in [3.8, 4) is 5.75 Å². The van der Waals surface area contributed by atoms with Gasteiger partial charge in [-0.1, -0.05) is 6.07 Å². The van der Waals surface area contributed by atoms with E-state index < -0.39 is 0 Å². The fourth-order valence-corrected chi connectivity index (χ4v) is 2.63. The minimum atomic E-state index is 0.293. The van der Waals surface area contributed by atoms with Crippen LogP contribution in [0.5, 0.6) is 5.75 Å². The highest BCUT2D eigenvalue weighted by Gasteiger charge is 2.12. The molecule has 1 fully saturated rings. The molecule has 4 nitrogen and oxygen atoms in total. The predicted octanol–water partition coefficient (Wildman–Crippen LogP) is 1.49. The summed E-state index contributed by atoms with van der Waals surface area (Å²) in [5.41, 5.74) is 1.18. The van der Waals surface area contributed by atoms with Crippen LogP contribution in [-0.4, -0.2) is 61.2 Å². The Labute approximate surface area is 123 Å². The van der Waals surface area contributed by atoms with Crippen molar-refractivity contribution in [1.29, 1.82) is 0 Å². The van der Waals surface area contributed by atoms with Crippen molar-refractivity contribution in [1.82, 2.24) is 15.1 Å². The van der Waals surface area contributed by atoms with Crippen LogP contribution in [0.4, 0.5) is 0 Å². The summed E-state index contributed by atoms with van der Waals surface area (Å²) in [6.07, 6.45) is 0. The molecule has 19 heavy (non-hydrogen) atoms. The monoisotopic (exact) mass is 327 g/mol. The van der Waals surface area contributed by atoms with Crippen LogP contribution in [-0.2, 0) is 6.54 Å². The molecule has 1 saturated heterocycles. The van der Waals surface area contributed by atoms with Crippen molar-refractivity contribution < 1.29 is 5.11 Å². The van der Waals surface area contributed by atoms with Gasteiger partial charge in [-0.2, -0.15) is 0 Å². The SMILES string of the molecule is CN1CCN(CCNCc2ccc(O)c(Br)c2)CC1. The summed E-state index contributed by atoms with van der Waals surface area (Å²) in [4.78, 5) is 4.87. The van der Waals surface area contributed by atoms with Gasteiger partial charge in [-0.05, 0) is 40.7 Å². The second-order valence-electron chi connectivity index (χ2n) is 5.11. The molecular formula is C14H22BrN3O. The van der Waals surface area contributed by atoms with Gasteiger partial charge < -0.3 is 15.3 Å². The number of nitrogens with zero attached hydrogens (tertiary/aromatic N) is 2. The molecule has 0 radical (unpaired) electrons. The van der Waals surface area contributed by atoms with Gasteiger partial charge in [0.1, 0.15) is 5.75 Å². The maximum atomic E-state index is 9.43. The highest BCUT2D eigenvalue weighted by molar-refractivity contribution is 9.10. The third-order valence-corrected chi connectivity index (χ3v) is 4.18. The lowest BCUT2D eigenvalue weighted by atomic mass is 10.2. The van der Waals surface area contributed by atoms with Gasteiger partial charge >= 0.3 is 0 Å². The standard InChI is InChI=1S/C14H22BrN3O/c1-17-6-8-18(9-7-17)5-4-16-11-12-2-3-14(19)13(15)10-12/h2-3,10,16,19H,4-9,11H2,1H3. The summed E-state index contributed by atoms with van der Waals surface area (Å²) in [5, 5.41) is 12.9. The fourth-order valence-electron chi connectivity index (χ4n) is 2.20. The zero-order valence-electron chi connectivity index (χ0n) is 11.4. The first-order chi connectivity index (χ1) is 9.15.